The Balaban J connectivity index is 4.30. The zero-order valence-corrected chi connectivity index (χ0v) is 11.3. The van der Waals surface area contributed by atoms with Crippen LogP contribution in [0.15, 0.2) is 0 Å². The predicted octanol–water partition coefficient (Wildman–Crippen LogP) is -1.87. The van der Waals surface area contributed by atoms with Crippen LogP contribution in [0.3, 0.4) is 0 Å². The molecule has 0 saturated carbocycles. The van der Waals surface area contributed by atoms with Crippen LogP contribution in [0.25, 0.3) is 0 Å². The molecule has 0 aromatic carbocycles. The number of nitrogens with two attached hydrogens (primary N) is 1. The Kier molecular flexibility index (Phi) is 7.22. The molecule has 0 heterocycles. The van der Waals surface area contributed by atoms with E-state index in [9.17, 15) is 19.2 Å². The zero-order chi connectivity index (χ0) is 15.9. The minimum Gasteiger partial charge on any atom is -0.481 e. The van der Waals surface area contributed by atoms with Crippen LogP contribution < -0.4 is 16.4 Å². The second-order valence-electron chi connectivity index (χ2n) is 4.54. The minimum absolute atomic E-state index is 0.114. The van der Waals surface area contributed by atoms with Crippen molar-refractivity contribution >= 4 is 23.8 Å². The lowest BCUT2D eigenvalue weighted by atomic mass is 10.1. The monoisotopic (exact) mass is 289 g/mol. The molecule has 2 atom stereocenters. The van der Waals surface area contributed by atoms with Gasteiger partial charge in [-0.05, 0) is 5.92 Å². The van der Waals surface area contributed by atoms with Crippen molar-refractivity contribution in [3.8, 4) is 0 Å². The van der Waals surface area contributed by atoms with Gasteiger partial charge in [0.05, 0.1) is 19.0 Å². The van der Waals surface area contributed by atoms with Gasteiger partial charge in [0.25, 0.3) is 0 Å². The summed E-state index contributed by atoms with van der Waals surface area (Å²) < 4.78 is 0. The SMILES string of the molecule is CC(C)[C@H](N)C(=O)NCC(=O)N[C@@H](CC(=O)O)C(=O)O. The number of aliphatic carboxylic acids is 2. The van der Waals surface area contributed by atoms with Crippen LogP contribution in [-0.4, -0.2) is 52.6 Å². The summed E-state index contributed by atoms with van der Waals surface area (Å²) in [5.74, 6) is -4.28. The Morgan fingerprint density at radius 1 is 1.15 bits per heavy atom. The standard InChI is InChI=1S/C11H19N3O6/c1-5(2)9(12)10(18)13-4-7(15)14-6(11(19)20)3-8(16)17/h5-6,9H,3-4,12H2,1-2H3,(H,13,18)(H,14,15)(H,16,17)(H,19,20)/t6-,9-/m0/s1. The summed E-state index contributed by atoms with van der Waals surface area (Å²) in [7, 11) is 0. The van der Waals surface area contributed by atoms with Gasteiger partial charge in [-0.1, -0.05) is 13.8 Å². The van der Waals surface area contributed by atoms with E-state index >= 15 is 0 Å². The van der Waals surface area contributed by atoms with Gasteiger partial charge in [-0.15, -0.1) is 0 Å². The Labute approximate surface area is 115 Å². The van der Waals surface area contributed by atoms with Gasteiger partial charge in [-0.3, -0.25) is 14.4 Å². The summed E-state index contributed by atoms with van der Waals surface area (Å²) in [6.45, 7) is 3.00. The van der Waals surface area contributed by atoms with E-state index < -0.39 is 48.8 Å². The van der Waals surface area contributed by atoms with E-state index in [1.54, 1.807) is 13.8 Å². The highest BCUT2D eigenvalue weighted by atomic mass is 16.4. The van der Waals surface area contributed by atoms with Crippen molar-refractivity contribution in [3.63, 3.8) is 0 Å². The van der Waals surface area contributed by atoms with E-state index in [1.165, 1.54) is 0 Å². The Morgan fingerprint density at radius 3 is 2.10 bits per heavy atom. The summed E-state index contributed by atoms with van der Waals surface area (Å²) >= 11 is 0. The smallest absolute Gasteiger partial charge is 0.326 e. The quantitative estimate of drug-likeness (QED) is 0.350. The van der Waals surface area contributed by atoms with E-state index in [-0.39, 0.29) is 5.92 Å². The number of hydrogen-bond donors (Lipinski definition) is 5. The summed E-state index contributed by atoms with van der Waals surface area (Å²) in [6, 6.07) is -2.33. The van der Waals surface area contributed by atoms with E-state index in [0.29, 0.717) is 0 Å². The van der Waals surface area contributed by atoms with Crippen molar-refractivity contribution in [3.05, 3.63) is 0 Å². The largest absolute Gasteiger partial charge is 0.481 e. The number of carboxylic acid groups (broad SMARTS) is 2. The van der Waals surface area contributed by atoms with Crippen molar-refractivity contribution in [2.75, 3.05) is 6.54 Å². The number of carboxylic acids is 2. The normalized spacial score (nSPS) is 13.4. The fourth-order valence-corrected chi connectivity index (χ4v) is 1.21. The highest BCUT2D eigenvalue weighted by Crippen LogP contribution is 1.97. The molecule has 9 heteroatoms. The summed E-state index contributed by atoms with van der Waals surface area (Å²) in [6.07, 6.45) is -0.749. The van der Waals surface area contributed by atoms with Crippen LogP contribution in [0.2, 0.25) is 0 Å². The third-order valence-corrected chi connectivity index (χ3v) is 2.46. The molecule has 0 bridgehead atoms. The van der Waals surface area contributed by atoms with E-state index in [0.717, 1.165) is 0 Å². The van der Waals surface area contributed by atoms with Crippen LogP contribution >= 0.6 is 0 Å². The zero-order valence-electron chi connectivity index (χ0n) is 11.3. The number of carbonyl (C=O) groups excluding carboxylic acids is 2. The first kappa shape index (κ1) is 17.8. The van der Waals surface area contributed by atoms with Gasteiger partial charge in [0.15, 0.2) is 0 Å². The summed E-state index contributed by atoms with van der Waals surface area (Å²) in [5, 5.41) is 21.5. The lowest BCUT2D eigenvalue weighted by Gasteiger charge is -2.16. The van der Waals surface area contributed by atoms with Gasteiger partial charge in [0, 0.05) is 0 Å². The molecule has 20 heavy (non-hydrogen) atoms. The van der Waals surface area contributed by atoms with Crippen LogP contribution in [0.5, 0.6) is 0 Å². The second-order valence-corrected chi connectivity index (χ2v) is 4.54. The molecule has 0 saturated heterocycles. The average Bonchev–Trinajstić information content (AvgIpc) is 2.33. The maximum absolute atomic E-state index is 11.5. The second kappa shape index (κ2) is 8.10. The molecule has 0 aliphatic rings. The summed E-state index contributed by atoms with van der Waals surface area (Å²) in [4.78, 5) is 44.0. The van der Waals surface area contributed by atoms with Gasteiger partial charge >= 0.3 is 11.9 Å². The molecule has 0 spiro atoms. The van der Waals surface area contributed by atoms with E-state index in [1.807, 2.05) is 5.32 Å². The third-order valence-electron chi connectivity index (χ3n) is 2.46. The van der Waals surface area contributed by atoms with Gasteiger partial charge in [-0.25, -0.2) is 4.79 Å². The molecular weight excluding hydrogens is 270 g/mol. The maximum atomic E-state index is 11.5. The Bertz CT molecular complexity index is 396. The minimum atomic E-state index is -1.55. The topological polar surface area (TPSA) is 159 Å². The fourth-order valence-electron chi connectivity index (χ4n) is 1.21. The van der Waals surface area contributed by atoms with Crippen molar-refractivity contribution < 1.29 is 29.4 Å². The molecule has 0 radical (unpaired) electrons. The fraction of sp³-hybridized carbons (Fsp3) is 0.636. The van der Waals surface area contributed by atoms with Gasteiger partial charge in [0.2, 0.25) is 11.8 Å². The molecule has 0 aliphatic heterocycles. The number of hydrogen-bond acceptors (Lipinski definition) is 5. The van der Waals surface area contributed by atoms with E-state index in [4.69, 9.17) is 15.9 Å². The van der Waals surface area contributed by atoms with Crippen LogP contribution in [0, 0.1) is 5.92 Å². The Morgan fingerprint density at radius 2 is 1.70 bits per heavy atom. The molecule has 0 rings (SSSR count). The van der Waals surface area contributed by atoms with E-state index in [2.05, 4.69) is 5.32 Å². The van der Waals surface area contributed by atoms with Crippen molar-refractivity contribution in [1.29, 1.82) is 0 Å². The summed E-state index contributed by atoms with van der Waals surface area (Å²) in [5.41, 5.74) is 5.55. The van der Waals surface area contributed by atoms with Gasteiger partial charge < -0.3 is 26.6 Å². The molecular formula is C11H19N3O6. The maximum Gasteiger partial charge on any atom is 0.326 e. The van der Waals surface area contributed by atoms with Crippen molar-refractivity contribution in [1.82, 2.24) is 10.6 Å². The number of rotatable bonds is 8. The lowest BCUT2D eigenvalue weighted by Crippen LogP contribution is -2.50. The molecule has 0 fully saturated rings. The highest BCUT2D eigenvalue weighted by molar-refractivity contribution is 5.90. The molecule has 0 unspecified atom stereocenters. The molecule has 9 nitrogen and oxygen atoms in total. The molecule has 114 valence electrons. The number of nitrogens with one attached hydrogen (secondary N) is 2. The number of amides is 2. The lowest BCUT2D eigenvalue weighted by molar-refractivity contribution is -0.147. The van der Waals surface area contributed by atoms with Crippen molar-refractivity contribution in [2.24, 2.45) is 11.7 Å². The van der Waals surface area contributed by atoms with Crippen molar-refractivity contribution in [2.45, 2.75) is 32.4 Å². The Hall–Kier alpha value is -2.16. The predicted molar refractivity (Wildman–Crippen MR) is 67.6 cm³/mol. The molecule has 0 aromatic heterocycles. The molecule has 2 amide bonds. The molecule has 0 aliphatic carbocycles. The third kappa shape index (κ3) is 6.69. The number of carbonyl (C=O) groups is 4. The first-order valence-corrected chi connectivity index (χ1v) is 5.92. The van der Waals surface area contributed by atoms with Gasteiger partial charge in [0.1, 0.15) is 6.04 Å². The molecule has 0 aromatic rings. The van der Waals surface area contributed by atoms with Crippen LogP contribution in [0.4, 0.5) is 0 Å². The highest BCUT2D eigenvalue weighted by Gasteiger charge is 2.23. The average molecular weight is 289 g/mol. The van der Waals surface area contributed by atoms with Crippen LogP contribution in [-0.2, 0) is 19.2 Å². The molecule has 6 N–H and O–H groups in total. The first-order chi connectivity index (χ1) is 9.15. The van der Waals surface area contributed by atoms with Gasteiger partial charge in [-0.2, -0.15) is 0 Å². The van der Waals surface area contributed by atoms with Crippen LogP contribution in [0.1, 0.15) is 20.3 Å². The first-order valence-electron chi connectivity index (χ1n) is 5.92.